The summed E-state index contributed by atoms with van der Waals surface area (Å²) in [6.07, 6.45) is 0.316. The predicted octanol–water partition coefficient (Wildman–Crippen LogP) is 2.52. The van der Waals surface area contributed by atoms with E-state index in [0.29, 0.717) is 0 Å². The molecule has 0 aliphatic carbocycles. The predicted molar refractivity (Wildman–Crippen MR) is 79.0 cm³/mol. The summed E-state index contributed by atoms with van der Waals surface area (Å²) in [5.41, 5.74) is 0. The van der Waals surface area contributed by atoms with Gasteiger partial charge in [-0.3, -0.25) is 10.1 Å². The lowest BCUT2D eigenvalue weighted by Gasteiger charge is -2.16. The van der Waals surface area contributed by atoms with Crippen LogP contribution in [0.3, 0.4) is 0 Å². The van der Waals surface area contributed by atoms with E-state index in [1.54, 1.807) is 11.3 Å². The Balaban J connectivity index is 0.00000200. The van der Waals surface area contributed by atoms with E-state index in [0.717, 1.165) is 6.42 Å². The normalized spacial score (nSPS) is 22.1. The summed E-state index contributed by atoms with van der Waals surface area (Å²) >= 11 is 1.69. The van der Waals surface area contributed by atoms with Gasteiger partial charge in [-0.1, -0.05) is 0 Å². The monoisotopic (exact) mass is 324 g/mol. The van der Waals surface area contributed by atoms with Crippen molar-refractivity contribution in [2.75, 3.05) is 6.54 Å². The van der Waals surface area contributed by atoms with Gasteiger partial charge in [-0.15, -0.1) is 23.7 Å². The maximum Gasteiger partial charge on any atom is 0.262 e. The first-order valence-corrected chi connectivity index (χ1v) is 7.14. The second-order valence-corrected chi connectivity index (χ2v) is 6.49. The largest absolute Gasteiger partial charge is 0.352 e. The summed E-state index contributed by atoms with van der Waals surface area (Å²) < 4.78 is 26.0. The molecule has 1 saturated heterocycles. The maximum atomic E-state index is 13.0. The van der Waals surface area contributed by atoms with Crippen molar-refractivity contribution in [3.8, 4) is 0 Å². The van der Waals surface area contributed by atoms with Crippen LogP contribution in [0.25, 0.3) is 0 Å². The number of hydrogen-bond donors (Lipinski definition) is 2. The van der Waals surface area contributed by atoms with E-state index in [4.69, 9.17) is 0 Å². The summed E-state index contributed by atoms with van der Waals surface area (Å²) in [6, 6.07) is 3.24. The topological polar surface area (TPSA) is 41.1 Å². The lowest BCUT2D eigenvalue weighted by molar-refractivity contribution is -0.124. The van der Waals surface area contributed by atoms with Gasteiger partial charge in [-0.05, 0) is 26.0 Å². The molecule has 1 aliphatic heterocycles. The summed E-state index contributed by atoms with van der Waals surface area (Å²) in [4.78, 5) is 14.3. The van der Waals surface area contributed by atoms with Crippen LogP contribution in [-0.2, 0) is 11.2 Å². The quantitative estimate of drug-likeness (QED) is 0.893. The van der Waals surface area contributed by atoms with Crippen LogP contribution >= 0.6 is 23.7 Å². The van der Waals surface area contributed by atoms with E-state index in [2.05, 4.69) is 10.6 Å². The average molecular weight is 325 g/mol. The molecule has 1 amide bonds. The molecule has 2 unspecified atom stereocenters. The third-order valence-corrected chi connectivity index (χ3v) is 4.14. The molecule has 3 nitrogen and oxygen atoms in total. The molecule has 1 aliphatic rings. The van der Waals surface area contributed by atoms with Gasteiger partial charge in [0.1, 0.15) is 0 Å². The highest BCUT2D eigenvalue weighted by molar-refractivity contribution is 7.11. The van der Waals surface area contributed by atoms with Gasteiger partial charge < -0.3 is 5.32 Å². The Labute approximate surface area is 127 Å². The van der Waals surface area contributed by atoms with Crippen LogP contribution in [0.1, 0.15) is 23.1 Å². The molecule has 20 heavy (non-hydrogen) atoms. The highest BCUT2D eigenvalue weighted by Gasteiger charge is 2.42. The number of aryl methyl sites for hydroxylation is 1. The number of hydrogen-bond acceptors (Lipinski definition) is 3. The molecule has 1 aromatic heterocycles. The molecule has 2 atom stereocenters. The van der Waals surface area contributed by atoms with Crippen molar-refractivity contribution in [1.82, 2.24) is 10.6 Å². The van der Waals surface area contributed by atoms with Crippen molar-refractivity contribution in [2.45, 2.75) is 44.7 Å². The van der Waals surface area contributed by atoms with Crippen molar-refractivity contribution in [2.24, 2.45) is 0 Å². The number of nitrogens with one attached hydrogen (secondary N) is 2. The molecule has 0 bridgehead atoms. The SMILES string of the molecule is Cc1ccc(CC(C)NC(=O)C2CC(F)(F)CN2)s1.Cl. The minimum Gasteiger partial charge on any atom is -0.352 e. The summed E-state index contributed by atoms with van der Waals surface area (Å²) in [5, 5.41) is 5.35. The van der Waals surface area contributed by atoms with Gasteiger partial charge in [0, 0.05) is 28.6 Å². The van der Waals surface area contributed by atoms with Crippen LogP contribution in [0.5, 0.6) is 0 Å². The van der Waals surface area contributed by atoms with Crippen LogP contribution in [0, 0.1) is 6.92 Å². The molecular weight excluding hydrogens is 306 g/mol. The maximum absolute atomic E-state index is 13.0. The molecule has 0 saturated carbocycles. The zero-order valence-corrected chi connectivity index (χ0v) is 13.0. The number of alkyl halides is 2. The Morgan fingerprint density at radius 1 is 1.60 bits per heavy atom. The highest BCUT2D eigenvalue weighted by Crippen LogP contribution is 2.25. The first-order chi connectivity index (χ1) is 8.85. The molecule has 0 aromatic carbocycles. The Morgan fingerprint density at radius 2 is 2.30 bits per heavy atom. The lowest BCUT2D eigenvalue weighted by Crippen LogP contribution is -2.44. The zero-order valence-electron chi connectivity index (χ0n) is 11.4. The first kappa shape index (κ1) is 17.3. The fourth-order valence-corrected chi connectivity index (χ4v) is 3.21. The van der Waals surface area contributed by atoms with Crippen molar-refractivity contribution < 1.29 is 13.6 Å². The highest BCUT2D eigenvalue weighted by atomic mass is 35.5. The average Bonchev–Trinajstić information content (AvgIpc) is 2.84. The van der Waals surface area contributed by atoms with E-state index in [9.17, 15) is 13.6 Å². The molecule has 7 heteroatoms. The fourth-order valence-electron chi connectivity index (χ4n) is 2.19. The van der Waals surface area contributed by atoms with Gasteiger partial charge in [0.25, 0.3) is 5.92 Å². The molecule has 0 spiro atoms. The van der Waals surface area contributed by atoms with Crippen LogP contribution in [0.2, 0.25) is 0 Å². The molecule has 1 aromatic rings. The van der Waals surface area contributed by atoms with Gasteiger partial charge in [0.15, 0.2) is 0 Å². The van der Waals surface area contributed by atoms with E-state index in [1.165, 1.54) is 9.75 Å². The van der Waals surface area contributed by atoms with Gasteiger partial charge in [0.2, 0.25) is 5.91 Å². The third-order valence-electron chi connectivity index (χ3n) is 3.12. The number of thiophene rings is 1. The number of halogens is 3. The fraction of sp³-hybridized carbons (Fsp3) is 0.615. The van der Waals surface area contributed by atoms with E-state index >= 15 is 0 Å². The summed E-state index contributed by atoms with van der Waals surface area (Å²) in [7, 11) is 0. The Hall–Kier alpha value is -0.720. The number of carbonyl (C=O) groups excluding carboxylic acids is 1. The van der Waals surface area contributed by atoms with Gasteiger partial charge >= 0.3 is 0 Å². The van der Waals surface area contributed by atoms with E-state index in [1.807, 2.05) is 26.0 Å². The van der Waals surface area contributed by atoms with Gasteiger partial charge in [-0.2, -0.15) is 0 Å². The first-order valence-electron chi connectivity index (χ1n) is 6.33. The molecular formula is C13H19ClF2N2OS. The van der Waals surface area contributed by atoms with Crippen LogP contribution in [0.4, 0.5) is 8.78 Å². The number of rotatable bonds is 4. The van der Waals surface area contributed by atoms with Crippen molar-refractivity contribution in [1.29, 1.82) is 0 Å². The zero-order chi connectivity index (χ0) is 14.0. The lowest BCUT2D eigenvalue weighted by atomic mass is 10.1. The van der Waals surface area contributed by atoms with Crippen LogP contribution < -0.4 is 10.6 Å². The molecule has 2 N–H and O–H groups in total. The van der Waals surface area contributed by atoms with E-state index < -0.39 is 24.9 Å². The van der Waals surface area contributed by atoms with Gasteiger partial charge in [0.05, 0.1) is 12.6 Å². The van der Waals surface area contributed by atoms with Crippen molar-refractivity contribution in [3.63, 3.8) is 0 Å². The Morgan fingerprint density at radius 3 is 2.80 bits per heavy atom. The van der Waals surface area contributed by atoms with E-state index in [-0.39, 0.29) is 24.4 Å². The number of carbonyl (C=O) groups is 1. The molecule has 2 rings (SSSR count). The Kier molecular flexibility index (Phi) is 5.91. The third kappa shape index (κ3) is 4.68. The number of amides is 1. The van der Waals surface area contributed by atoms with Crippen LogP contribution in [0.15, 0.2) is 12.1 Å². The minimum atomic E-state index is -2.77. The smallest absolute Gasteiger partial charge is 0.262 e. The van der Waals surface area contributed by atoms with Crippen LogP contribution in [-0.4, -0.2) is 30.5 Å². The standard InChI is InChI=1S/C13H18F2N2OS.ClH/c1-8(5-10-4-3-9(2)19-10)17-12(18)11-6-13(14,15)7-16-11;/h3-4,8,11,16H,5-7H2,1-2H3,(H,17,18);1H. The van der Waals surface area contributed by atoms with Gasteiger partial charge in [-0.25, -0.2) is 8.78 Å². The van der Waals surface area contributed by atoms with Crippen molar-refractivity contribution in [3.05, 3.63) is 21.9 Å². The Bertz CT molecular complexity index is 467. The molecule has 2 heterocycles. The molecule has 114 valence electrons. The second-order valence-electron chi connectivity index (χ2n) is 5.12. The van der Waals surface area contributed by atoms with Crippen molar-refractivity contribution >= 4 is 29.7 Å². The molecule has 1 fully saturated rings. The summed E-state index contributed by atoms with van der Waals surface area (Å²) in [5.74, 6) is -3.10. The summed E-state index contributed by atoms with van der Waals surface area (Å²) in [6.45, 7) is 3.51. The second kappa shape index (κ2) is 6.83. The minimum absolute atomic E-state index is 0. The molecule has 0 radical (unpaired) electrons.